The number of halogens is 2. The van der Waals surface area contributed by atoms with Gasteiger partial charge in [0.1, 0.15) is 10.6 Å². The van der Waals surface area contributed by atoms with Crippen LogP contribution in [0.5, 0.6) is 5.88 Å². The predicted molar refractivity (Wildman–Crippen MR) is 116 cm³/mol. The molecule has 0 aromatic carbocycles. The summed E-state index contributed by atoms with van der Waals surface area (Å²) in [6, 6.07) is 4.83. The largest absolute Gasteiger partial charge is 0.481 e. The van der Waals surface area contributed by atoms with Crippen LogP contribution in [0.4, 0.5) is 8.78 Å². The third kappa shape index (κ3) is 5.33. The molecule has 0 aliphatic rings. The summed E-state index contributed by atoms with van der Waals surface area (Å²) in [6.07, 6.45) is 2.41. The predicted octanol–water partition coefficient (Wildman–Crippen LogP) is 1.87. The van der Waals surface area contributed by atoms with Crippen LogP contribution >= 0.6 is 0 Å². The molecule has 11 nitrogen and oxygen atoms in total. The lowest BCUT2D eigenvalue weighted by molar-refractivity contribution is -0.145. The Hall–Kier alpha value is -4.17. The number of nitrogens with one attached hydrogen (secondary N) is 1. The molecule has 3 rings (SSSR count). The standard InChI is InChI=1S/C21H18F2N4O7S/c1-24-21(34-17(30)8-7-16(28)29)14-11-27(19(18(14)22)13-4-3-9-25-20(13)23)35(31,32)12-5-6-15(33-2)26-10-12/h3-11,21,24H,1-2H3,(H,28,29)/b8-7+. The summed E-state index contributed by atoms with van der Waals surface area (Å²) < 4.78 is 67.4. The molecule has 14 heteroatoms. The van der Waals surface area contributed by atoms with Gasteiger partial charge in [-0.05, 0) is 25.2 Å². The van der Waals surface area contributed by atoms with Crippen molar-refractivity contribution >= 4 is 22.0 Å². The fraction of sp³-hybridized carbons (Fsp3) is 0.143. The highest BCUT2D eigenvalue weighted by Crippen LogP contribution is 2.34. The molecule has 0 saturated carbocycles. The Morgan fingerprint density at radius 2 is 1.94 bits per heavy atom. The first kappa shape index (κ1) is 25.5. The second kappa shape index (κ2) is 10.4. The number of rotatable bonds is 9. The smallest absolute Gasteiger partial charge is 0.332 e. The quantitative estimate of drug-likeness (QED) is 0.190. The Morgan fingerprint density at radius 1 is 1.20 bits per heavy atom. The van der Waals surface area contributed by atoms with Gasteiger partial charge in [-0.1, -0.05) is 0 Å². The molecule has 0 aliphatic carbocycles. The zero-order valence-corrected chi connectivity index (χ0v) is 19.0. The van der Waals surface area contributed by atoms with Crippen molar-refractivity contribution in [3.05, 3.63) is 72.3 Å². The molecule has 0 saturated heterocycles. The van der Waals surface area contributed by atoms with Gasteiger partial charge in [-0.25, -0.2) is 36.3 Å². The second-order valence-corrected chi connectivity index (χ2v) is 8.52. The molecule has 0 radical (unpaired) electrons. The normalized spacial score (nSPS) is 12.5. The van der Waals surface area contributed by atoms with Crippen molar-refractivity contribution in [1.82, 2.24) is 19.3 Å². The van der Waals surface area contributed by atoms with Crippen molar-refractivity contribution in [3.63, 3.8) is 0 Å². The van der Waals surface area contributed by atoms with E-state index in [-0.39, 0.29) is 10.8 Å². The van der Waals surface area contributed by atoms with Crippen LogP contribution in [0.2, 0.25) is 0 Å². The van der Waals surface area contributed by atoms with Crippen molar-refractivity contribution in [2.45, 2.75) is 11.1 Å². The van der Waals surface area contributed by atoms with Gasteiger partial charge in [0, 0.05) is 30.6 Å². The highest BCUT2D eigenvalue weighted by Gasteiger charge is 2.32. The average molecular weight is 508 g/mol. The molecule has 2 N–H and O–H groups in total. The Labute approximate surface area is 197 Å². The summed E-state index contributed by atoms with van der Waals surface area (Å²) in [6.45, 7) is 0. The number of carbonyl (C=O) groups is 2. The van der Waals surface area contributed by atoms with Gasteiger partial charge in [0.25, 0.3) is 10.0 Å². The van der Waals surface area contributed by atoms with Crippen molar-refractivity contribution < 1.29 is 41.4 Å². The van der Waals surface area contributed by atoms with E-state index in [2.05, 4.69) is 15.3 Å². The molecule has 0 spiro atoms. The zero-order chi connectivity index (χ0) is 25.8. The maximum Gasteiger partial charge on any atom is 0.332 e. The van der Waals surface area contributed by atoms with Crippen LogP contribution < -0.4 is 10.1 Å². The van der Waals surface area contributed by atoms with E-state index in [4.69, 9.17) is 14.6 Å². The van der Waals surface area contributed by atoms with Crippen LogP contribution in [-0.4, -0.2) is 53.6 Å². The summed E-state index contributed by atoms with van der Waals surface area (Å²) in [5, 5.41) is 11.1. The van der Waals surface area contributed by atoms with Crippen molar-refractivity contribution in [2.75, 3.05) is 14.2 Å². The molecule has 1 unspecified atom stereocenters. The fourth-order valence-corrected chi connectivity index (χ4v) is 4.30. The molecule has 0 bridgehead atoms. The van der Waals surface area contributed by atoms with E-state index in [9.17, 15) is 22.4 Å². The Morgan fingerprint density at radius 3 is 2.51 bits per heavy atom. The van der Waals surface area contributed by atoms with E-state index in [1.807, 2.05) is 0 Å². The van der Waals surface area contributed by atoms with Gasteiger partial charge >= 0.3 is 11.9 Å². The zero-order valence-electron chi connectivity index (χ0n) is 18.2. The number of aromatic nitrogens is 3. The highest BCUT2D eigenvalue weighted by molar-refractivity contribution is 7.90. The summed E-state index contributed by atoms with van der Waals surface area (Å²) >= 11 is 0. The molecular formula is C21H18F2N4O7S. The number of aliphatic carboxylic acids is 1. The van der Waals surface area contributed by atoms with Gasteiger partial charge < -0.3 is 14.6 Å². The van der Waals surface area contributed by atoms with Gasteiger partial charge in [0.15, 0.2) is 12.0 Å². The van der Waals surface area contributed by atoms with Crippen LogP contribution in [0.15, 0.2) is 59.9 Å². The number of carboxylic acid groups (broad SMARTS) is 1. The molecule has 184 valence electrons. The van der Waals surface area contributed by atoms with Gasteiger partial charge in [0.05, 0.1) is 24.4 Å². The first-order chi connectivity index (χ1) is 16.6. The average Bonchev–Trinajstić information content (AvgIpc) is 3.19. The van der Waals surface area contributed by atoms with E-state index < -0.39 is 56.8 Å². The van der Waals surface area contributed by atoms with Crippen LogP contribution in [0.25, 0.3) is 11.3 Å². The number of hydrogen-bond donors (Lipinski definition) is 2. The van der Waals surface area contributed by atoms with E-state index in [1.165, 1.54) is 26.3 Å². The summed E-state index contributed by atoms with van der Waals surface area (Å²) in [4.78, 5) is 29.5. The molecule has 3 aromatic heterocycles. The SMILES string of the molecule is CNC(OC(=O)/C=C/C(=O)O)c1cn(S(=O)(=O)c2ccc(OC)nc2)c(-c2cccnc2F)c1F. The van der Waals surface area contributed by atoms with E-state index in [1.54, 1.807) is 0 Å². The molecule has 0 amide bonds. The van der Waals surface area contributed by atoms with Crippen LogP contribution in [0, 0.1) is 11.8 Å². The molecule has 3 aromatic rings. The lowest BCUT2D eigenvalue weighted by Gasteiger charge is -2.15. The van der Waals surface area contributed by atoms with Gasteiger partial charge in [-0.2, -0.15) is 4.39 Å². The Balaban J connectivity index is 2.19. The van der Waals surface area contributed by atoms with Gasteiger partial charge in [-0.3, -0.25) is 5.32 Å². The fourth-order valence-electron chi connectivity index (χ4n) is 2.98. The summed E-state index contributed by atoms with van der Waals surface area (Å²) in [5.74, 6) is -4.83. The van der Waals surface area contributed by atoms with E-state index in [0.717, 1.165) is 30.7 Å². The lowest BCUT2D eigenvalue weighted by atomic mass is 10.1. The highest BCUT2D eigenvalue weighted by atomic mass is 32.2. The third-order valence-electron chi connectivity index (χ3n) is 4.57. The van der Waals surface area contributed by atoms with Gasteiger partial charge in [0.2, 0.25) is 11.8 Å². The molecule has 1 atom stereocenters. The van der Waals surface area contributed by atoms with E-state index in [0.29, 0.717) is 16.1 Å². The number of hydrogen-bond acceptors (Lipinski definition) is 9. The summed E-state index contributed by atoms with van der Waals surface area (Å²) in [7, 11) is -1.94. The Bertz CT molecular complexity index is 1390. The molecular weight excluding hydrogens is 490 g/mol. The second-order valence-electron chi connectivity index (χ2n) is 6.70. The topological polar surface area (TPSA) is 150 Å². The monoisotopic (exact) mass is 508 g/mol. The number of ether oxygens (including phenoxy) is 2. The number of carboxylic acids is 1. The molecule has 0 aliphatic heterocycles. The molecule has 0 fully saturated rings. The molecule has 3 heterocycles. The lowest BCUT2D eigenvalue weighted by Crippen LogP contribution is -2.23. The number of methoxy groups -OCH3 is 1. The minimum Gasteiger partial charge on any atom is -0.481 e. The van der Waals surface area contributed by atoms with Crippen molar-refractivity contribution in [2.24, 2.45) is 0 Å². The van der Waals surface area contributed by atoms with Crippen molar-refractivity contribution in [1.29, 1.82) is 0 Å². The first-order valence-electron chi connectivity index (χ1n) is 9.66. The van der Waals surface area contributed by atoms with Crippen LogP contribution in [0.3, 0.4) is 0 Å². The number of pyridine rings is 2. The van der Waals surface area contributed by atoms with Crippen LogP contribution in [0.1, 0.15) is 11.8 Å². The Kier molecular flexibility index (Phi) is 7.56. The molecule has 35 heavy (non-hydrogen) atoms. The van der Waals surface area contributed by atoms with Gasteiger partial charge in [-0.15, -0.1) is 0 Å². The number of nitrogens with zero attached hydrogens (tertiary/aromatic N) is 3. The summed E-state index contributed by atoms with van der Waals surface area (Å²) in [5.41, 5.74) is -1.67. The number of carbonyl (C=O) groups excluding carboxylic acids is 1. The number of esters is 1. The van der Waals surface area contributed by atoms with Crippen molar-refractivity contribution in [3.8, 4) is 17.1 Å². The maximum absolute atomic E-state index is 15.7. The first-order valence-corrected chi connectivity index (χ1v) is 11.1. The van der Waals surface area contributed by atoms with E-state index >= 15 is 4.39 Å². The minimum absolute atomic E-state index is 0.124. The minimum atomic E-state index is -4.55. The third-order valence-corrected chi connectivity index (χ3v) is 6.21. The maximum atomic E-state index is 15.7. The van der Waals surface area contributed by atoms with Crippen LogP contribution in [-0.2, 0) is 24.3 Å².